The molecule has 1 aliphatic carbocycles. The van der Waals surface area contributed by atoms with Crippen LogP contribution in [0.2, 0.25) is 0 Å². The monoisotopic (exact) mass is 405 g/mol. The summed E-state index contributed by atoms with van der Waals surface area (Å²) in [6, 6.07) is 15.4. The van der Waals surface area contributed by atoms with E-state index >= 15 is 0 Å². The molecule has 152 valence electrons. The van der Waals surface area contributed by atoms with Crippen LogP contribution in [0, 0.1) is 13.8 Å². The molecular weight excluding hydrogens is 380 g/mol. The Morgan fingerprint density at radius 2 is 1.61 bits per heavy atom. The first kappa shape index (κ1) is 18.3. The lowest BCUT2D eigenvalue weighted by atomic mass is 9.83. The molecule has 0 radical (unpaired) electrons. The molecule has 3 heteroatoms. The normalized spacial score (nSPS) is 14.2. The third-order valence-electron chi connectivity index (χ3n) is 7.02. The molecule has 0 N–H and O–H groups in total. The second kappa shape index (κ2) is 6.04. The topological polar surface area (TPSA) is 29.9 Å². The van der Waals surface area contributed by atoms with Gasteiger partial charge in [-0.25, -0.2) is 4.57 Å². The molecule has 31 heavy (non-hydrogen) atoms. The number of rotatable bonds is 1. The Morgan fingerprint density at radius 1 is 0.871 bits per heavy atom. The lowest BCUT2D eigenvalue weighted by Gasteiger charge is -2.20. The molecule has 2 aromatic carbocycles. The zero-order valence-corrected chi connectivity index (χ0v) is 18.6. The summed E-state index contributed by atoms with van der Waals surface area (Å²) in [6.07, 6.45) is 6.01. The van der Waals surface area contributed by atoms with Crippen LogP contribution >= 0.6 is 0 Å². The van der Waals surface area contributed by atoms with Gasteiger partial charge >= 0.3 is 0 Å². The van der Waals surface area contributed by atoms with E-state index in [1.54, 1.807) is 0 Å². The van der Waals surface area contributed by atoms with Crippen LogP contribution in [0.5, 0.6) is 0 Å². The van der Waals surface area contributed by atoms with E-state index in [2.05, 4.69) is 93.0 Å². The maximum Gasteiger partial charge on any atom is 0.216 e. The molecule has 5 aromatic rings. The Kier molecular flexibility index (Phi) is 3.57. The van der Waals surface area contributed by atoms with Gasteiger partial charge in [-0.15, -0.1) is 0 Å². The van der Waals surface area contributed by atoms with Crippen molar-refractivity contribution in [1.82, 2.24) is 4.98 Å². The van der Waals surface area contributed by atoms with Gasteiger partial charge in [-0.05, 0) is 47.7 Å². The van der Waals surface area contributed by atoms with Crippen LogP contribution in [0.15, 0.2) is 65.5 Å². The van der Waals surface area contributed by atoms with Crippen molar-refractivity contribution >= 4 is 21.9 Å². The van der Waals surface area contributed by atoms with Gasteiger partial charge in [-0.2, -0.15) is 0 Å². The van der Waals surface area contributed by atoms with Gasteiger partial charge < -0.3 is 4.42 Å². The average Bonchev–Trinajstić information content (AvgIpc) is 3.23. The van der Waals surface area contributed by atoms with Crippen molar-refractivity contribution < 1.29 is 8.98 Å². The number of nitrogens with zero attached hydrogens (tertiary/aromatic N) is 2. The molecule has 3 nitrogen and oxygen atoms in total. The van der Waals surface area contributed by atoms with Crippen LogP contribution in [0.4, 0.5) is 0 Å². The van der Waals surface area contributed by atoms with Crippen LogP contribution in [-0.2, 0) is 12.5 Å². The number of pyridine rings is 2. The van der Waals surface area contributed by atoms with Crippen molar-refractivity contribution in [3.8, 4) is 22.4 Å². The van der Waals surface area contributed by atoms with Gasteiger partial charge in [-0.1, -0.05) is 38.1 Å². The fraction of sp³-hybridized carbons (Fsp3) is 0.214. The molecule has 0 spiro atoms. The number of aryl methyl sites for hydroxylation is 3. The molecule has 0 aliphatic heterocycles. The molecule has 0 saturated carbocycles. The summed E-state index contributed by atoms with van der Waals surface area (Å²) in [5.41, 5.74) is 11.7. The highest BCUT2D eigenvalue weighted by atomic mass is 16.3. The van der Waals surface area contributed by atoms with E-state index in [0.29, 0.717) is 0 Å². The van der Waals surface area contributed by atoms with E-state index in [0.717, 1.165) is 11.2 Å². The molecule has 0 fully saturated rings. The van der Waals surface area contributed by atoms with Crippen molar-refractivity contribution in [3.05, 3.63) is 83.3 Å². The third kappa shape index (κ3) is 2.35. The Morgan fingerprint density at radius 3 is 2.42 bits per heavy atom. The second-order valence-electron chi connectivity index (χ2n) is 9.35. The number of aromatic nitrogens is 2. The minimum Gasteiger partial charge on any atom is -0.454 e. The van der Waals surface area contributed by atoms with Gasteiger partial charge in [0.2, 0.25) is 5.69 Å². The SMILES string of the molecule is Cc1cc[n+](C)c(-c2c(C)ccc3c2oc2c4c(ccc23)C(C)(C)c2cnccc2-4)c1. The molecule has 0 unspecified atom stereocenters. The Labute approximate surface area is 182 Å². The number of hydrogen-bond acceptors (Lipinski definition) is 2. The summed E-state index contributed by atoms with van der Waals surface area (Å²) in [7, 11) is 2.10. The van der Waals surface area contributed by atoms with Gasteiger partial charge in [0.1, 0.15) is 18.2 Å². The van der Waals surface area contributed by atoms with Crippen molar-refractivity contribution in [2.75, 3.05) is 0 Å². The second-order valence-corrected chi connectivity index (χ2v) is 9.35. The number of hydrogen-bond donors (Lipinski definition) is 0. The van der Waals surface area contributed by atoms with Crippen molar-refractivity contribution in [1.29, 1.82) is 0 Å². The first-order chi connectivity index (χ1) is 14.9. The fourth-order valence-corrected chi connectivity index (χ4v) is 5.29. The first-order valence-corrected chi connectivity index (χ1v) is 10.8. The Bertz CT molecular complexity index is 1540. The first-order valence-electron chi connectivity index (χ1n) is 10.8. The lowest BCUT2D eigenvalue weighted by molar-refractivity contribution is -0.660. The fourth-order valence-electron chi connectivity index (χ4n) is 5.29. The Balaban J connectivity index is 1.76. The highest BCUT2D eigenvalue weighted by Gasteiger charge is 2.38. The predicted octanol–water partition coefficient (Wildman–Crippen LogP) is 6.40. The summed E-state index contributed by atoms with van der Waals surface area (Å²) in [5, 5.41) is 2.34. The maximum atomic E-state index is 6.77. The maximum absolute atomic E-state index is 6.77. The van der Waals surface area contributed by atoms with Gasteiger partial charge in [0, 0.05) is 46.3 Å². The minimum atomic E-state index is -0.0895. The molecular formula is C28H25N2O+. The van der Waals surface area contributed by atoms with Gasteiger partial charge in [0.15, 0.2) is 6.20 Å². The largest absolute Gasteiger partial charge is 0.454 e. The number of furan rings is 1. The standard InChI is InChI=1S/C28H25N2O/c1-16-11-13-30(5)23(14-16)24-17(2)6-7-18-19-8-9-21-25(27(19)31-26(18)24)20-10-12-29-15-22(20)28(21,3)4/h6-15H,1-5H3/q+1. The number of fused-ring (bicyclic) bond motifs is 7. The summed E-state index contributed by atoms with van der Waals surface area (Å²) >= 11 is 0. The summed E-state index contributed by atoms with van der Waals surface area (Å²) in [4.78, 5) is 4.41. The van der Waals surface area contributed by atoms with E-state index in [1.165, 1.54) is 55.4 Å². The van der Waals surface area contributed by atoms with Crippen LogP contribution in [-0.4, -0.2) is 4.98 Å². The van der Waals surface area contributed by atoms with Gasteiger partial charge in [-0.3, -0.25) is 4.98 Å². The summed E-state index contributed by atoms with van der Waals surface area (Å²) < 4.78 is 8.95. The third-order valence-corrected chi connectivity index (χ3v) is 7.02. The number of benzene rings is 2. The molecule has 3 aromatic heterocycles. The van der Waals surface area contributed by atoms with E-state index in [1.807, 2.05) is 12.4 Å². The van der Waals surface area contributed by atoms with E-state index in [9.17, 15) is 0 Å². The van der Waals surface area contributed by atoms with Gasteiger partial charge in [0.25, 0.3) is 0 Å². The average molecular weight is 406 g/mol. The molecule has 1 aliphatic rings. The summed E-state index contributed by atoms with van der Waals surface area (Å²) in [5.74, 6) is 0. The molecule has 0 atom stereocenters. The molecule has 3 heterocycles. The van der Waals surface area contributed by atoms with E-state index < -0.39 is 0 Å². The van der Waals surface area contributed by atoms with Gasteiger partial charge in [0.05, 0.1) is 5.56 Å². The molecule has 0 saturated heterocycles. The van der Waals surface area contributed by atoms with Crippen LogP contribution < -0.4 is 4.57 Å². The van der Waals surface area contributed by atoms with Crippen LogP contribution in [0.25, 0.3) is 44.3 Å². The lowest BCUT2D eigenvalue weighted by Crippen LogP contribution is -2.30. The highest BCUT2D eigenvalue weighted by molar-refractivity contribution is 6.14. The van der Waals surface area contributed by atoms with Crippen molar-refractivity contribution in [2.24, 2.45) is 7.05 Å². The minimum absolute atomic E-state index is 0.0895. The molecule has 0 bridgehead atoms. The zero-order valence-electron chi connectivity index (χ0n) is 18.6. The van der Waals surface area contributed by atoms with Crippen molar-refractivity contribution in [3.63, 3.8) is 0 Å². The Hall–Kier alpha value is -3.46. The van der Waals surface area contributed by atoms with Crippen LogP contribution in [0.3, 0.4) is 0 Å². The zero-order chi connectivity index (χ0) is 21.5. The van der Waals surface area contributed by atoms with Crippen molar-refractivity contribution in [2.45, 2.75) is 33.1 Å². The smallest absolute Gasteiger partial charge is 0.216 e. The van der Waals surface area contributed by atoms with Crippen LogP contribution in [0.1, 0.15) is 36.1 Å². The quantitative estimate of drug-likeness (QED) is 0.302. The molecule has 6 rings (SSSR count). The van der Waals surface area contributed by atoms with E-state index in [4.69, 9.17) is 4.42 Å². The summed E-state index contributed by atoms with van der Waals surface area (Å²) in [6.45, 7) is 8.85. The highest BCUT2D eigenvalue weighted by Crippen LogP contribution is 2.52. The van der Waals surface area contributed by atoms with E-state index in [-0.39, 0.29) is 5.41 Å². The predicted molar refractivity (Wildman–Crippen MR) is 125 cm³/mol. The molecule has 0 amide bonds.